The molecule has 0 bridgehead atoms. The molecule has 1 saturated heterocycles. The van der Waals surface area contributed by atoms with Crippen LogP contribution in [0.25, 0.3) is 16.9 Å². The summed E-state index contributed by atoms with van der Waals surface area (Å²) in [6, 6.07) is 8.95. The molecular formula is C23H20F3N5O3. The number of carbonyl (C=O) groups excluding carboxylic acids is 1. The van der Waals surface area contributed by atoms with Crippen molar-refractivity contribution in [1.29, 1.82) is 0 Å². The molecule has 0 saturated carbocycles. The third-order valence-electron chi connectivity index (χ3n) is 5.88. The molecule has 1 aliphatic heterocycles. The smallest absolute Gasteiger partial charge is 0.433 e. The summed E-state index contributed by atoms with van der Waals surface area (Å²) in [4.78, 5) is 19.5. The number of carbonyl (C=O) groups is 1. The Bertz CT molecular complexity index is 1380. The van der Waals surface area contributed by atoms with E-state index in [2.05, 4.69) is 15.2 Å². The van der Waals surface area contributed by atoms with E-state index in [1.807, 2.05) is 0 Å². The molecule has 8 nitrogen and oxygen atoms in total. The van der Waals surface area contributed by atoms with Gasteiger partial charge >= 0.3 is 6.18 Å². The quantitative estimate of drug-likeness (QED) is 0.429. The maximum absolute atomic E-state index is 14.0. The van der Waals surface area contributed by atoms with E-state index in [0.717, 1.165) is 18.7 Å². The van der Waals surface area contributed by atoms with Crippen LogP contribution in [0, 0.1) is 6.92 Å². The molecule has 0 aliphatic carbocycles. The lowest BCUT2D eigenvalue weighted by Gasteiger charge is -2.22. The predicted octanol–water partition coefficient (Wildman–Crippen LogP) is 4.70. The summed E-state index contributed by atoms with van der Waals surface area (Å²) >= 11 is 0. The van der Waals surface area contributed by atoms with Crippen molar-refractivity contribution in [3.63, 3.8) is 0 Å². The van der Waals surface area contributed by atoms with Crippen molar-refractivity contribution in [2.45, 2.75) is 32.0 Å². The molecule has 1 aromatic carbocycles. The molecule has 4 heterocycles. The van der Waals surface area contributed by atoms with Gasteiger partial charge in [-0.2, -0.15) is 18.3 Å². The minimum Gasteiger partial charge on any atom is -0.496 e. The molecule has 176 valence electrons. The van der Waals surface area contributed by atoms with Crippen LogP contribution in [-0.2, 0) is 6.18 Å². The van der Waals surface area contributed by atoms with Crippen LogP contribution < -0.4 is 4.74 Å². The van der Waals surface area contributed by atoms with Crippen LogP contribution in [0.2, 0.25) is 0 Å². The van der Waals surface area contributed by atoms with Crippen molar-refractivity contribution < 1.29 is 27.2 Å². The van der Waals surface area contributed by atoms with Crippen molar-refractivity contribution in [3.8, 4) is 17.0 Å². The number of methoxy groups -OCH3 is 1. The van der Waals surface area contributed by atoms with Gasteiger partial charge in [-0.25, -0.2) is 9.50 Å². The van der Waals surface area contributed by atoms with Crippen LogP contribution >= 0.6 is 0 Å². The Morgan fingerprint density at radius 2 is 2.03 bits per heavy atom. The third-order valence-corrected chi connectivity index (χ3v) is 5.88. The summed E-state index contributed by atoms with van der Waals surface area (Å²) in [5, 5.41) is 7.90. The fraction of sp³-hybridized carbons (Fsp3) is 0.304. The highest BCUT2D eigenvalue weighted by Gasteiger charge is 2.38. The van der Waals surface area contributed by atoms with Gasteiger partial charge in [0.25, 0.3) is 5.91 Å². The number of fused-ring (bicyclic) bond motifs is 1. The van der Waals surface area contributed by atoms with Gasteiger partial charge in [0.2, 0.25) is 0 Å². The van der Waals surface area contributed by atoms with Gasteiger partial charge in [-0.05, 0) is 38.0 Å². The summed E-state index contributed by atoms with van der Waals surface area (Å²) in [6.07, 6.45) is -2.19. The molecule has 0 radical (unpaired) electrons. The normalized spacial score (nSPS) is 16.4. The Morgan fingerprint density at radius 3 is 2.74 bits per heavy atom. The van der Waals surface area contributed by atoms with Gasteiger partial charge in [-0.1, -0.05) is 17.3 Å². The Balaban J connectivity index is 1.64. The fourth-order valence-electron chi connectivity index (χ4n) is 4.32. The van der Waals surface area contributed by atoms with E-state index in [-0.39, 0.29) is 22.9 Å². The van der Waals surface area contributed by atoms with Crippen molar-refractivity contribution in [2.75, 3.05) is 13.7 Å². The number of rotatable bonds is 4. The first-order valence-corrected chi connectivity index (χ1v) is 10.6. The number of benzene rings is 1. The molecule has 34 heavy (non-hydrogen) atoms. The number of ether oxygens (including phenoxy) is 1. The van der Waals surface area contributed by atoms with Gasteiger partial charge in [0.1, 0.15) is 22.8 Å². The maximum Gasteiger partial charge on any atom is 0.433 e. The number of para-hydroxylation sites is 1. The van der Waals surface area contributed by atoms with E-state index in [4.69, 9.17) is 9.26 Å². The van der Waals surface area contributed by atoms with Crippen LogP contribution in [0.4, 0.5) is 13.2 Å². The second-order valence-corrected chi connectivity index (χ2v) is 8.04. The summed E-state index contributed by atoms with van der Waals surface area (Å²) in [5.74, 6) is 0.514. The molecule has 1 amide bonds. The van der Waals surface area contributed by atoms with E-state index >= 15 is 0 Å². The average molecular weight is 471 g/mol. The van der Waals surface area contributed by atoms with Crippen molar-refractivity contribution in [2.24, 2.45) is 0 Å². The lowest BCUT2D eigenvalue weighted by molar-refractivity contribution is -0.142. The Kier molecular flexibility index (Phi) is 5.26. The summed E-state index contributed by atoms with van der Waals surface area (Å²) in [7, 11) is 1.43. The van der Waals surface area contributed by atoms with Gasteiger partial charge < -0.3 is 14.2 Å². The van der Waals surface area contributed by atoms with E-state index < -0.39 is 17.8 Å². The molecule has 3 aromatic heterocycles. The standard InChI is InChI=1S/C23H20F3N5O3/c1-13-10-17(29-34-13)18-7-5-9-30(18)22(32)15-12-27-31-20(23(24,25)26)11-16(28-21(15)31)14-6-3-4-8-19(14)33-2/h3-4,6,8,10-12,18H,5,7,9H2,1-2H3/t18-/m1/s1. The number of hydrogen-bond acceptors (Lipinski definition) is 6. The molecule has 0 N–H and O–H groups in total. The molecule has 0 unspecified atom stereocenters. The van der Waals surface area contributed by atoms with Crippen molar-refractivity contribution in [3.05, 3.63) is 65.3 Å². The van der Waals surface area contributed by atoms with E-state index in [1.165, 1.54) is 7.11 Å². The molecule has 11 heteroatoms. The molecule has 4 aromatic rings. The number of alkyl halides is 3. The van der Waals surface area contributed by atoms with Crippen LogP contribution in [0.5, 0.6) is 5.75 Å². The third kappa shape index (κ3) is 3.66. The monoisotopic (exact) mass is 471 g/mol. The predicted molar refractivity (Wildman–Crippen MR) is 114 cm³/mol. The summed E-state index contributed by atoms with van der Waals surface area (Å²) < 4.78 is 53.0. The minimum absolute atomic E-state index is 0.0191. The number of hydrogen-bond donors (Lipinski definition) is 0. The molecule has 1 atom stereocenters. The largest absolute Gasteiger partial charge is 0.496 e. The molecule has 1 aliphatic rings. The highest BCUT2D eigenvalue weighted by atomic mass is 19.4. The number of aromatic nitrogens is 4. The molecule has 1 fully saturated rings. The van der Waals surface area contributed by atoms with E-state index in [9.17, 15) is 18.0 Å². The first kappa shape index (κ1) is 21.9. The SMILES string of the molecule is COc1ccccc1-c1cc(C(F)(F)F)n2ncc(C(=O)N3CCC[C@@H]3c3cc(C)on3)c2n1. The fourth-order valence-corrected chi connectivity index (χ4v) is 4.32. The Morgan fingerprint density at radius 1 is 1.24 bits per heavy atom. The number of aryl methyl sites for hydroxylation is 1. The van der Waals surface area contributed by atoms with Gasteiger partial charge in [-0.3, -0.25) is 4.79 Å². The average Bonchev–Trinajstić information content (AvgIpc) is 3.56. The van der Waals surface area contributed by atoms with Gasteiger partial charge in [0.05, 0.1) is 25.0 Å². The number of nitrogens with zero attached hydrogens (tertiary/aromatic N) is 5. The topological polar surface area (TPSA) is 85.8 Å². The van der Waals surface area contributed by atoms with Crippen LogP contribution in [0.1, 0.15) is 46.4 Å². The number of likely N-dealkylation sites (tertiary alicyclic amines) is 1. The maximum atomic E-state index is 14.0. The molecular weight excluding hydrogens is 451 g/mol. The van der Waals surface area contributed by atoms with Crippen LogP contribution in [-0.4, -0.2) is 44.2 Å². The van der Waals surface area contributed by atoms with Crippen LogP contribution in [0.3, 0.4) is 0 Å². The van der Waals surface area contributed by atoms with Crippen molar-refractivity contribution in [1.82, 2.24) is 24.7 Å². The number of amides is 1. The zero-order valence-electron chi connectivity index (χ0n) is 18.3. The van der Waals surface area contributed by atoms with Gasteiger partial charge in [0.15, 0.2) is 11.3 Å². The first-order chi connectivity index (χ1) is 16.3. The van der Waals surface area contributed by atoms with E-state index in [0.29, 0.717) is 40.2 Å². The number of halogens is 3. The van der Waals surface area contributed by atoms with Crippen LogP contribution in [0.15, 0.2) is 47.1 Å². The lowest BCUT2D eigenvalue weighted by Crippen LogP contribution is -2.30. The highest BCUT2D eigenvalue weighted by molar-refractivity contribution is 6.00. The summed E-state index contributed by atoms with van der Waals surface area (Å²) in [5.41, 5.74) is -0.232. The lowest BCUT2D eigenvalue weighted by atomic mass is 10.1. The Hall–Kier alpha value is -3.89. The minimum atomic E-state index is -4.72. The van der Waals surface area contributed by atoms with Gasteiger partial charge in [-0.15, -0.1) is 0 Å². The molecule has 0 spiro atoms. The van der Waals surface area contributed by atoms with E-state index in [1.54, 1.807) is 42.2 Å². The zero-order chi connectivity index (χ0) is 24.0. The molecule has 5 rings (SSSR count). The second kappa shape index (κ2) is 8.15. The van der Waals surface area contributed by atoms with Crippen molar-refractivity contribution >= 4 is 11.6 Å². The second-order valence-electron chi connectivity index (χ2n) is 8.04. The first-order valence-electron chi connectivity index (χ1n) is 10.6. The van der Waals surface area contributed by atoms with Gasteiger partial charge in [0, 0.05) is 18.2 Å². The Labute approximate surface area is 191 Å². The highest BCUT2D eigenvalue weighted by Crippen LogP contribution is 2.37. The zero-order valence-corrected chi connectivity index (χ0v) is 18.3. The summed E-state index contributed by atoms with van der Waals surface area (Å²) in [6.45, 7) is 2.19.